The van der Waals surface area contributed by atoms with Crippen LogP contribution in [0.4, 0.5) is 10.5 Å². The van der Waals surface area contributed by atoms with E-state index in [4.69, 9.17) is 14.2 Å². The fourth-order valence-electron chi connectivity index (χ4n) is 3.04. The highest BCUT2D eigenvalue weighted by Gasteiger charge is 2.25. The lowest BCUT2D eigenvalue weighted by Gasteiger charge is -2.29. The van der Waals surface area contributed by atoms with Crippen LogP contribution in [-0.2, 0) is 0 Å². The number of hydrogen-bond acceptors (Lipinski definition) is 6. The van der Waals surface area contributed by atoms with Gasteiger partial charge in [-0.25, -0.2) is 14.8 Å². The zero-order valence-electron chi connectivity index (χ0n) is 15.5. The Morgan fingerprint density at radius 2 is 1.63 bits per heavy atom. The van der Waals surface area contributed by atoms with Crippen LogP contribution >= 0.6 is 0 Å². The highest BCUT2D eigenvalue weighted by atomic mass is 16.5. The number of benzene rings is 1. The lowest BCUT2D eigenvalue weighted by molar-refractivity contribution is 0.129. The Balaban J connectivity index is 1.44. The minimum Gasteiger partial charge on any atom is -0.497 e. The van der Waals surface area contributed by atoms with Gasteiger partial charge in [0.25, 0.3) is 11.8 Å². The summed E-state index contributed by atoms with van der Waals surface area (Å²) >= 11 is 0. The van der Waals surface area contributed by atoms with Gasteiger partial charge in [0, 0.05) is 24.1 Å². The van der Waals surface area contributed by atoms with E-state index in [0.29, 0.717) is 11.8 Å². The summed E-state index contributed by atoms with van der Waals surface area (Å²) in [5.41, 5.74) is 0.722. The Morgan fingerprint density at radius 3 is 2.26 bits per heavy atom. The minimum atomic E-state index is -0.208. The van der Waals surface area contributed by atoms with Gasteiger partial charge >= 0.3 is 6.03 Å². The number of aromatic nitrogens is 2. The quantitative estimate of drug-likeness (QED) is 0.809. The van der Waals surface area contributed by atoms with Crippen LogP contribution in [0.15, 0.2) is 36.7 Å². The smallest absolute Gasteiger partial charge is 0.319 e. The van der Waals surface area contributed by atoms with E-state index < -0.39 is 0 Å². The average molecular weight is 372 g/mol. The molecule has 1 aliphatic carbocycles. The Bertz CT molecular complexity index is 746. The van der Waals surface area contributed by atoms with E-state index in [9.17, 15) is 4.79 Å². The van der Waals surface area contributed by atoms with Crippen molar-refractivity contribution in [2.75, 3.05) is 19.5 Å². The first kappa shape index (κ1) is 18.8. The second-order valence-electron chi connectivity index (χ2n) is 6.29. The van der Waals surface area contributed by atoms with Crippen molar-refractivity contribution in [2.45, 2.75) is 37.8 Å². The number of ether oxygens (including phenoxy) is 3. The normalized spacial score (nSPS) is 19.0. The summed E-state index contributed by atoms with van der Waals surface area (Å²) in [4.78, 5) is 20.4. The highest BCUT2D eigenvalue weighted by molar-refractivity contribution is 5.89. The Labute approximate surface area is 158 Å². The molecule has 2 amide bonds. The molecule has 1 aromatic heterocycles. The fourth-order valence-corrected chi connectivity index (χ4v) is 3.04. The molecule has 2 N–H and O–H groups in total. The maximum Gasteiger partial charge on any atom is 0.319 e. The van der Waals surface area contributed by atoms with Crippen molar-refractivity contribution in [1.82, 2.24) is 15.3 Å². The summed E-state index contributed by atoms with van der Waals surface area (Å²) in [6.45, 7) is 0. The number of amides is 2. The van der Waals surface area contributed by atoms with Crippen LogP contribution in [0.25, 0.3) is 0 Å². The van der Waals surface area contributed by atoms with Gasteiger partial charge in [-0.1, -0.05) is 0 Å². The highest BCUT2D eigenvalue weighted by Crippen LogP contribution is 2.27. The van der Waals surface area contributed by atoms with Crippen LogP contribution in [0.5, 0.6) is 17.5 Å². The molecular formula is C19H24N4O4. The maximum atomic E-state index is 12.2. The van der Waals surface area contributed by atoms with Crippen LogP contribution in [-0.4, -0.2) is 42.4 Å². The predicted octanol–water partition coefficient (Wildman–Crippen LogP) is 3.01. The summed E-state index contributed by atoms with van der Waals surface area (Å²) in [7, 11) is 3.15. The van der Waals surface area contributed by atoms with E-state index in [0.717, 1.165) is 37.1 Å². The third-order valence-corrected chi connectivity index (χ3v) is 4.46. The van der Waals surface area contributed by atoms with Crippen molar-refractivity contribution in [1.29, 1.82) is 0 Å². The van der Waals surface area contributed by atoms with E-state index in [2.05, 4.69) is 20.6 Å². The molecule has 0 spiro atoms. The molecule has 1 aromatic carbocycles. The molecule has 0 radical (unpaired) electrons. The van der Waals surface area contributed by atoms with Gasteiger partial charge in [0.15, 0.2) is 0 Å². The average Bonchev–Trinajstić information content (AvgIpc) is 2.70. The van der Waals surface area contributed by atoms with Crippen molar-refractivity contribution in [3.63, 3.8) is 0 Å². The SMILES string of the molecule is COc1ccc(NC(=O)NC2CCC(Oc3nccnc3OC)CC2)cc1. The second-order valence-corrected chi connectivity index (χ2v) is 6.29. The van der Waals surface area contributed by atoms with Crippen LogP contribution in [0.2, 0.25) is 0 Å². The van der Waals surface area contributed by atoms with Crippen LogP contribution in [0.3, 0.4) is 0 Å². The summed E-state index contributed by atoms with van der Waals surface area (Å²) < 4.78 is 16.2. The molecule has 27 heavy (non-hydrogen) atoms. The molecule has 2 aromatic rings. The van der Waals surface area contributed by atoms with Crippen molar-refractivity contribution < 1.29 is 19.0 Å². The van der Waals surface area contributed by atoms with Crippen molar-refractivity contribution >= 4 is 11.7 Å². The number of urea groups is 1. The molecule has 8 nitrogen and oxygen atoms in total. The third kappa shape index (κ3) is 5.22. The molecule has 0 unspecified atom stereocenters. The molecule has 3 rings (SSSR count). The van der Waals surface area contributed by atoms with E-state index in [1.807, 2.05) is 0 Å². The summed E-state index contributed by atoms with van der Waals surface area (Å²) in [6.07, 6.45) is 6.51. The van der Waals surface area contributed by atoms with E-state index in [1.165, 1.54) is 0 Å². The van der Waals surface area contributed by atoms with E-state index >= 15 is 0 Å². The fraction of sp³-hybridized carbons (Fsp3) is 0.421. The Morgan fingerprint density at radius 1 is 0.963 bits per heavy atom. The topological polar surface area (TPSA) is 94.6 Å². The maximum absolute atomic E-state index is 12.2. The van der Waals surface area contributed by atoms with Gasteiger partial charge in [0.1, 0.15) is 11.9 Å². The van der Waals surface area contributed by atoms with E-state index in [-0.39, 0.29) is 18.2 Å². The molecule has 144 valence electrons. The standard InChI is InChI=1S/C19H24N4O4/c1-25-15-7-3-13(4-8-15)22-19(24)23-14-5-9-16(10-6-14)27-18-17(26-2)20-11-12-21-18/h3-4,7-8,11-12,14,16H,5-6,9-10H2,1-2H3,(H2,22,23,24). The Kier molecular flexibility index (Phi) is 6.30. The zero-order valence-corrected chi connectivity index (χ0v) is 15.5. The third-order valence-electron chi connectivity index (χ3n) is 4.46. The van der Waals surface area contributed by atoms with Crippen molar-refractivity contribution in [2.24, 2.45) is 0 Å². The monoisotopic (exact) mass is 372 g/mol. The lowest BCUT2D eigenvalue weighted by atomic mass is 9.93. The number of rotatable bonds is 6. The lowest BCUT2D eigenvalue weighted by Crippen LogP contribution is -2.41. The molecule has 8 heteroatoms. The molecule has 0 aliphatic heterocycles. The summed E-state index contributed by atoms with van der Waals surface area (Å²) in [5, 5.41) is 5.85. The van der Waals surface area contributed by atoms with Gasteiger partial charge in [0.2, 0.25) is 0 Å². The molecule has 1 fully saturated rings. The number of anilines is 1. The van der Waals surface area contributed by atoms with Crippen LogP contribution < -0.4 is 24.8 Å². The summed E-state index contributed by atoms with van der Waals surface area (Å²) in [6, 6.07) is 7.12. The largest absolute Gasteiger partial charge is 0.497 e. The van der Waals surface area contributed by atoms with Gasteiger partial charge in [-0.05, 0) is 49.9 Å². The number of carbonyl (C=O) groups is 1. The van der Waals surface area contributed by atoms with Crippen LogP contribution in [0, 0.1) is 0 Å². The Hall–Kier alpha value is -3.03. The molecule has 0 saturated heterocycles. The molecule has 0 bridgehead atoms. The zero-order chi connectivity index (χ0) is 19.1. The van der Waals surface area contributed by atoms with Gasteiger partial charge < -0.3 is 24.8 Å². The molecule has 1 aliphatic rings. The number of nitrogens with one attached hydrogen (secondary N) is 2. The number of carbonyl (C=O) groups excluding carboxylic acids is 1. The molecule has 0 atom stereocenters. The predicted molar refractivity (Wildman–Crippen MR) is 100 cm³/mol. The number of methoxy groups -OCH3 is 2. The second kappa shape index (κ2) is 9.07. The van der Waals surface area contributed by atoms with Crippen LogP contribution in [0.1, 0.15) is 25.7 Å². The molecule has 1 saturated carbocycles. The van der Waals surface area contributed by atoms with Gasteiger partial charge in [-0.3, -0.25) is 0 Å². The summed E-state index contributed by atoms with van der Waals surface area (Å²) in [5.74, 6) is 1.55. The van der Waals surface area contributed by atoms with Gasteiger partial charge in [-0.15, -0.1) is 0 Å². The van der Waals surface area contributed by atoms with E-state index in [1.54, 1.807) is 50.9 Å². The minimum absolute atomic E-state index is 0.0401. The molecular weight excluding hydrogens is 348 g/mol. The van der Waals surface area contributed by atoms with Crippen molar-refractivity contribution in [3.05, 3.63) is 36.7 Å². The number of hydrogen-bond donors (Lipinski definition) is 2. The van der Waals surface area contributed by atoms with Gasteiger partial charge in [0.05, 0.1) is 14.2 Å². The molecule has 1 heterocycles. The van der Waals surface area contributed by atoms with Gasteiger partial charge in [-0.2, -0.15) is 0 Å². The first-order valence-electron chi connectivity index (χ1n) is 8.91. The number of nitrogens with zero attached hydrogens (tertiary/aromatic N) is 2. The first-order valence-corrected chi connectivity index (χ1v) is 8.91. The van der Waals surface area contributed by atoms with Crippen molar-refractivity contribution in [3.8, 4) is 17.5 Å². The first-order chi connectivity index (χ1) is 13.2.